The number of benzene rings is 3. The highest BCUT2D eigenvalue weighted by Crippen LogP contribution is 2.29. The third-order valence-corrected chi connectivity index (χ3v) is 6.94. The molecule has 0 fully saturated rings. The number of nitrogens with zero attached hydrogens (tertiary/aromatic N) is 1. The summed E-state index contributed by atoms with van der Waals surface area (Å²) in [6.45, 7) is 11.4. The van der Waals surface area contributed by atoms with E-state index in [-0.39, 0.29) is 24.3 Å². The van der Waals surface area contributed by atoms with E-state index in [4.69, 9.17) is 9.47 Å². The quantitative estimate of drug-likeness (QED) is 0.245. The molecule has 3 aromatic rings. The topological polar surface area (TPSA) is 67.9 Å². The van der Waals surface area contributed by atoms with Gasteiger partial charge in [-0.25, -0.2) is 0 Å². The molecule has 3 rings (SSSR count). The largest absolute Gasteiger partial charge is 0.490 e. The maximum absolute atomic E-state index is 14.0. The van der Waals surface area contributed by atoms with E-state index >= 15 is 0 Å². The fourth-order valence-corrected chi connectivity index (χ4v) is 4.65. The first kappa shape index (κ1) is 30.7. The Morgan fingerprint density at radius 1 is 0.825 bits per heavy atom. The normalized spacial score (nSPS) is 12.3. The van der Waals surface area contributed by atoms with E-state index in [9.17, 15) is 9.59 Å². The summed E-state index contributed by atoms with van der Waals surface area (Å²) >= 11 is 0. The highest BCUT2D eigenvalue weighted by atomic mass is 16.5. The minimum absolute atomic E-state index is 0.0162. The first-order chi connectivity index (χ1) is 19.3. The van der Waals surface area contributed by atoms with Crippen LogP contribution in [0.15, 0.2) is 72.8 Å². The standard InChI is InChI=1S/C34H44N2O4/c1-6-26(5)35-34(38)30(22-27-14-10-9-11-15-27)36(24-29-16-12-13-25(4)21-29)33(37)20-18-28-17-19-31(39-7-2)32(23-28)40-8-3/h9-17,19,21,23,26,30H,6-8,18,20,22,24H2,1-5H3,(H,35,38). The Labute approximate surface area is 239 Å². The van der Waals surface area contributed by atoms with Gasteiger partial charge >= 0.3 is 0 Å². The zero-order valence-corrected chi connectivity index (χ0v) is 24.6. The molecule has 214 valence electrons. The molecule has 0 spiro atoms. The summed E-state index contributed by atoms with van der Waals surface area (Å²) < 4.78 is 11.5. The molecule has 0 aliphatic rings. The van der Waals surface area contributed by atoms with Crippen molar-refractivity contribution < 1.29 is 19.1 Å². The molecule has 0 aromatic heterocycles. The van der Waals surface area contributed by atoms with Crippen molar-refractivity contribution in [3.8, 4) is 11.5 Å². The van der Waals surface area contributed by atoms with Gasteiger partial charge in [-0.05, 0) is 69.4 Å². The number of aryl methyl sites for hydroxylation is 2. The van der Waals surface area contributed by atoms with Gasteiger partial charge in [-0.3, -0.25) is 9.59 Å². The predicted molar refractivity (Wildman–Crippen MR) is 161 cm³/mol. The van der Waals surface area contributed by atoms with E-state index in [1.54, 1.807) is 4.90 Å². The molecule has 2 atom stereocenters. The van der Waals surface area contributed by atoms with E-state index in [1.165, 1.54) is 0 Å². The minimum Gasteiger partial charge on any atom is -0.490 e. The second-order valence-corrected chi connectivity index (χ2v) is 10.2. The van der Waals surface area contributed by atoms with Crippen molar-refractivity contribution in [2.75, 3.05) is 13.2 Å². The van der Waals surface area contributed by atoms with Gasteiger partial charge in [0, 0.05) is 25.4 Å². The molecule has 40 heavy (non-hydrogen) atoms. The lowest BCUT2D eigenvalue weighted by molar-refractivity contribution is -0.141. The highest BCUT2D eigenvalue weighted by molar-refractivity contribution is 5.88. The van der Waals surface area contributed by atoms with Gasteiger partial charge in [0.15, 0.2) is 11.5 Å². The number of rotatable bonds is 15. The summed E-state index contributed by atoms with van der Waals surface area (Å²) in [5.41, 5.74) is 4.12. The minimum atomic E-state index is -0.635. The number of ether oxygens (including phenoxy) is 2. The van der Waals surface area contributed by atoms with Crippen LogP contribution in [0.4, 0.5) is 0 Å². The number of hydrogen-bond acceptors (Lipinski definition) is 4. The average molecular weight is 545 g/mol. The second-order valence-electron chi connectivity index (χ2n) is 10.2. The molecule has 2 amide bonds. The molecule has 0 heterocycles. The maximum Gasteiger partial charge on any atom is 0.243 e. The van der Waals surface area contributed by atoms with Crippen molar-refractivity contribution >= 4 is 11.8 Å². The lowest BCUT2D eigenvalue weighted by atomic mass is 10.0. The van der Waals surface area contributed by atoms with Crippen LogP contribution in [0.25, 0.3) is 0 Å². The van der Waals surface area contributed by atoms with E-state index in [2.05, 4.69) is 11.4 Å². The Bertz CT molecular complexity index is 1230. The number of amides is 2. The molecule has 2 unspecified atom stereocenters. The van der Waals surface area contributed by atoms with Crippen molar-refractivity contribution in [2.24, 2.45) is 0 Å². The van der Waals surface area contributed by atoms with E-state index in [0.717, 1.165) is 28.7 Å². The number of hydrogen-bond donors (Lipinski definition) is 1. The van der Waals surface area contributed by atoms with Gasteiger partial charge in [0.05, 0.1) is 13.2 Å². The molecule has 0 saturated carbocycles. The predicted octanol–water partition coefficient (Wildman–Crippen LogP) is 6.28. The van der Waals surface area contributed by atoms with Crippen molar-refractivity contribution in [2.45, 2.75) is 78.9 Å². The van der Waals surface area contributed by atoms with Gasteiger partial charge < -0.3 is 19.7 Å². The van der Waals surface area contributed by atoms with Crippen molar-refractivity contribution in [3.63, 3.8) is 0 Å². The maximum atomic E-state index is 14.0. The molecule has 1 N–H and O–H groups in total. The molecule has 0 saturated heterocycles. The molecule has 3 aromatic carbocycles. The van der Waals surface area contributed by atoms with Crippen LogP contribution in [0.3, 0.4) is 0 Å². The van der Waals surface area contributed by atoms with Gasteiger partial charge in [0.25, 0.3) is 0 Å². The molecule has 0 radical (unpaired) electrons. The van der Waals surface area contributed by atoms with Gasteiger partial charge in [-0.2, -0.15) is 0 Å². The van der Waals surface area contributed by atoms with Crippen LogP contribution in [0, 0.1) is 6.92 Å². The van der Waals surface area contributed by atoms with Crippen molar-refractivity contribution in [3.05, 3.63) is 95.1 Å². The van der Waals surface area contributed by atoms with Crippen molar-refractivity contribution in [1.82, 2.24) is 10.2 Å². The Hall–Kier alpha value is -3.80. The summed E-state index contributed by atoms with van der Waals surface area (Å²) in [5, 5.41) is 3.13. The lowest BCUT2D eigenvalue weighted by Gasteiger charge is -2.32. The van der Waals surface area contributed by atoms with E-state index in [0.29, 0.717) is 44.1 Å². The Morgan fingerprint density at radius 3 is 2.20 bits per heavy atom. The van der Waals surface area contributed by atoms with Crippen LogP contribution in [-0.4, -0.2) is 42.0 Å². The van der Waals surface area contributed by atoms with Crippen molar-refractivity contribution in [1.29, 1.82) is 0 Å². The molecule has 0 aliphatic carbocycles. The third kappa shape index (κ3) is 9.15. The molecule has 0 aliphatic heterocycles. The van der Waals surface area contributed by atoms with Crippen LogP contribution in [0.5, 0.6) is 11.5 Å². The zero-order chi connectivity index (χ0) is 28.9. The fraction of sp³-hybridized carbons (Fsp3) is 0.412. The first-order valence-corrected chi connectivity index (χ1v) is 14.4. The van der Waals surface area contributed by atoms with Crippen LogP contribution < -0.4 is 14.8 Å². The van der Waals surface area contributed by atoms with Crippen LogP contribution in [0.2, 0.25) is 0 Å². The van der Waals surface area contributed by atoms with Gasteiger partial charge in [-0.1, -0.05) is 73.2 Å². The van der Waals surface area contributed by atoms with E-state index < -0.39 is 6.04 Å². The van der Waals surface area contributed by atoms with Gasteiger partial charge in [0.2, 0.25) is 11.8 Å². The summed E-state index contributed by atoms with van der Waals surface area (Å²) in [7, 11) is 0. The van der Waals surface area contributed by atoms with E-state index in [1.807, 2.05) is 101 Å². The smallest absolute Gasteiger partial charge is 0.243 e. The first-order valence-electron chi connectivity index (χ1n) is 14.4. The van der Waals surface area contributed by atoms with Crippen LogP contribution in [0.1, 0.15) is 62.8 Å². The number of nitrogens with one attached hydrogen (secondary N) is 1. The number of carbonyl (C=O) groups excluding carboxylic acids is 2. The lowest BCUT2D eigenvalue weighted by Crippen LogP contribution is -2.52. The Balaban J connectivity index is 1.91. The Kier molecular flexibility index (Phi) is 12.1. The highest BCUT2D eigenvalue weighted by Gasteiger charge is 2.30. The Morgan fingerprint density at radius 2 is 1.52 bits per heavy atom. The second kappa shape index (κ2) is 15.7. The summed E-state index contributed by atoms with van der Waals surface area (Å²) in [6.07, 6.45) is 2.06. The van der Waals surface area contributed by atoms with Gasteiger partial charge in [-0.15, -0.1) is 0 Å². The van der Waals surface area contributed by atoms with Gasteiger partial charge in [0.1, 0.15) is 6.04 Å². The van der Waals surface area contributed by atoms with Crippen LogP contribution >= 0.6 is 0 Å². The molecule has 0 bridgehead atoms. The summed E-state index contributed by atoms with van der Waals surface area (Å²) in [5.74, 6) is 1.19. The molecular formula is C34H44N2O4. The monoisotopic (exact) mass is 544 g/mol. The molecule has 6 nitrogen and oxygen atoms in total. The average Bonchev–Trinajstić information content (AvgIpc) is 2.95. The third-order valence-electron chi connectivity index (χ3n) is 6.94. The number of carbonyl (C=O) groups is 2. The molecular weight excluding hydrogens is 500 g/mol. The summed E-state index contributed by atoms with van der Waals surface area (Å²) in [6, 6.07) is 23.2. The summed E-state index contributed by atoms with van der Waals surface area (Å²) in [4.78, 5) is 29.4. The SMILES string of the molecule is CCOc1ccc(CCC(=O)N(Cc2cccc(C)c2)C(Cc2ccccc2)C(=O)NC(C)CC)cc1OCC. The van der Waals surface area contributed by atoms with Crippen LogP contribution in [-0.2, 0) is 29.0 Å². The zero-order valence-electron chi connectivity index (χ0n) is 24.6. The molecule has 6 heteroatoms. The fourth-order valence-electron chi connectivity index (χ4n) is 4.65.